The van der Waals surface area contributed by atoms with Gasteiger partial charge < -0.3 is 9.80 Å². The number of anilines is 1. The molecule has 1 amide bonds. The van der Waals surface area contributed by atoms with Crippen LogP contribution in [0, 0.1) is 13.8 Å². The van der Waals surface area contributed by atoms with Crippen LogP contribution in [-0.4, -0.2) is 38.0 Å². The molecule has 3 nitrogen and oxygen atoms in total. The summed E-state index contributed by atoms with van der Waals surface area (Å²) in [7, 11) is 4.12. The SMILES string of the molecule is Cc1cccc(C)c1N(CCCN(C)C)C(=O)c1ccccc1. The van der Waals surface area contributed by atoms with E-state index in [-0.39, 0.29) is 5.91 Å². The lowest BCUT2D eigenvalue weighted by Crippen LogP contribution is -2.34. The standard InChI is InChI=1S/C20H26N2O/c1-16-10-8-11-17(2)19(16)22(15-9-14-21(3)4)20(23)18-12-6-5-7-13-18/h5-8,10-13H,9,14-15H2,1-4H3. The van der Waals surface area contributed by atoms with Gasteiger partial charge in [0.15, 0.2) is 0 Å². The van der Waals surface area contributed by atoms with E-state index in [9.17, 15) is 4.79 Å². The fraction of sp³-hybridized carbons (Fsp3) is 0.350. The Morgan fingerprint density at radius 3 is 2.04 bits per heavy atom. The van der Waals surface area contributed by atoms with E-state index in [1.807, 2.05) is 41.3 Å². The first-order chi connectivity index (χ1) is 11.0. The fourth-order valence-corrected chi connectivity index (χ4v) is 2.83. The molecule has 0 saturated carbocycles. The number of nitrogens with zero attached hydrogens (tertiary/aromatic N) is 2. The lowest BCUT2D eigenvalue weighted by atomic mass is 10.1. The molecule has 0 unspecified atom stereocenters. The molecule has 3 heteroatoms. The van der Waals surface area contributed by atoms with Gasteiger partial charge in [0, 0.05) is 17.8 Å². The van der Waals surface area contributed by atoms with E-state index in [0.717, 1.165) is 41.9 Å². The molecule has 2 aromatic rings. The van der Waals surface area contributed by atoms with E-state index in [2.05, 4.69) is 45.0 Å². The maximum atomic E-state index is 13.0. The summed E-state index contributed by atoms with van der Waals surface area (Å²) in [5.41, 5.74) is 4.05. The van der Waals surface area contributed by atoms with Gasteiger partial charge in [-0.05, 0) is 64.2 Å². The molecule has 0 radical (unpaired) electrons. The largest absolute Gasteiger partial charge is 0.309 e. The quantitative estimate of drug-likeness (QED) is 0.808. The highest BCUT2D eigenvalue weighted by atomic mass is 16.2. The highest BCUT2D eigenvalue weighted by Crippen LogP contribution is 2.26. The minimum atomic E-state index is 0.0711. The van der Waals surface area contributed by atoms with E-state index < -0.39 is 0 Å². The molecule has 0 N–H and O–H groups in total. The molecule has 23 heavy (non-hydrogen) atoms. The van der Waals surface area contributed by atoms with E-state index in [4.69, 9.17) is 0 Å². The molecule has 0 saturated heterocycles. The third kappa shape index (κ3) is 4.42. The number of hydrogen-bond acceptors (Lipinski definition) is 2. The van der Waals surface area contributed by atoms with E-state index >= 15 is 0 Å². The highest BCUT2D eigenvalue weighted by molar-refractivity contribution is 6.06. The summed E-state index contributed by atoms with van der Waals surface area (Å²) >= 11 is 0. The van der Waals surface area contributed by atoms with E-state index in [1.54, 1.807) is 0 Å². The molecule has 0 bridgehead atoms. The molecule has 2 aromatic carbocycles. The summed E-state index contributed by atoms with van der Waals surface area (Å²) in [5.74, 6) is 0.0711. The average Bonchev–Trinajstić information content (AvgIpc) is 2.53. The first-order valence-electron chi connectivity index (χ1n) is 8.08. The predicted octanol–water partition coefficient (Wildman–Crippen LogP) is 3.90. The zero-order valence-electron chi connectivity index (χ0n) is 14.5. The van der Waals surface area contributed by atoms with Gasteiger partial charge in [-0.2, -0.15) is 0 Å². The Hall–Kier alpha value is -2.13. The number of aryl methyl sites for hydroxylation is 2. The molecule has 0 fully saturated rings. The summed E-state index contributed by atoms with van der Waals surface area (Å²) in [6.45, 7) is 5.82. The Morgan fingerprint density at radius 1 is 0.870 bits per heavy atom. The van der Waals surface area contributed by atoms with Crippen LogP contribution in [0.25, 0.3) is 0 Å². The topological polar surface area (TPSA) is 23.6 Å². The number of carbonyl (C=O) groups excluding carboxylic acids is 1. The summed E-state index contributed by atoms with van der Waals surface area (Å²) in [5, 5.41) is 0. The number of para-hydroxylation sites is 1. The van der Waals surface area contributed by atoms with Crippen LogP contribution in [-0.2, 0) is 0 Å². The molecule has 0 aliphatic carbocycles. The number of carbonyl (C=O) groups is 1. The molecule has 0 heterocycles. The first-order valence-corrected chi connectivity index (χ1v) is 8.08. The molecule has 0 spiro atoms. The number of benzene rings is 2. The first kappa shape index (κ1) is 17.2. The molecule has 122 valence electrons. The predicted molar refractivity (Wildman–Crippen MR) is 97.2 cm³/mol. The zero-order valence-corrected chi connectivity index (χ0v) is 14.5. The Kier molecular flexibility index (Phi) is 5.94. The summed E-state index contributed by atoms with van der Waals surface area (Å²) < 4.78 is 0. The van der Waals surface area contributed by atoms with Crippen LogP contribution in [0.15, 0.2) is 48.5 Å². The van der Waals surface area contributed by atoms with Crippen molar-refractivity contribution in [2.24, 2.45) is 0 Å². The van der Waals surface area contributed by atoms with Crippen molar-refractivity contribution in [1.82, 2.24) is 4.90 Å². The van der Waals surface area contributed by atoms with E-state index in [1.165, 1.54) is 0 Å². The summed E-state index contributed by atoms with van der Waals surface area (Å²) in [6.07, 6.45) is 0.944. The zero-order chi connectivity index (χ0) is 16.8. The maximum absolute atomic E-state index is 13.0. The Morgan fingerprint density at radius 2 is 1.48 bits per heavy atom. The third-order valence-electron chi connectivity index (χ3n) is 3.96. The van der Waals surface area contributed by atoms with Gasteiger partial charge in [0.25, 0.3) is 5.91 Å². The summed E-state index contributed by atoms with van der Waals surface area (Å²) in [6, 6.07) is 15.7. The van der Waals surface area contributed by atoms with Gasteiger partial charge in [-0.25, -0.2) is 0 Å². The van der Waals surface area contributed by atoms with Gasteiger partial charge in [0.2, 0.25) is 0 Å². The van der Waals surface area contributed by atoms with Gasteiger partial charge in [-0.3, -0.25) is 4.79 Å². The van der Waals surface area contributed by atoms with E-state index in [0.29, 0.717) is 0 Å². The highest BCUT2D eigenvalue weighted by Gasteiger charge is 2.20. The van der Waals surface area contributed by atoms with Gasteiger partial charge >= 0.3 is 0 Å². The molecular weight excluding hydrogens is 284 g/mol. The average molecular weight is 310 g/mol. The molecule has 2 rings (SSSR count). The van der Waals surface area contributed by atoms with Crippen molar-refractivity contribution < 1.29 is 4.79 Å². The summed E-state index contributed by atoms with van der Waals surface area (Å²) in [4.78, 5) is 17.1. The van der Waals surface area contributed by atoms with Crippen LogP contribution in [0.5, 0.6) is 0 Å². The van der Waals surface area contributed by atoms with Crippen molar-refractivity contribution in [3.05, 3.63) is 65.2 Å². The molecule has 0 aliphatic rings. The van der Waals surface area contributed by atoms with Crippen molar-refractivity contribution in [3.8, 4) is 0 Å². The van der Waals surface area contributed by atoms with Crippen molar-refractivity contribution >= 4 is 11.6 Å². The Balaban J connectivity index is 2.34. The third-order valence-corrected chi connectivity index (χ3v) is 3.96. The monoisotopic (exact) mass is 310 g/mol. The van der Waals surface area contributed by atoms with Crippen molar-refractivity contribution in [2.75, 3.05) is 32.1 Å². The van der Waals surface area contributed by atoms with Crippen LogP contribution in [0.4, 0.5) is 5.69 Å². The van der Waals surface area contributed by atoms with Crippen molar-refractivity contribution in [3.63, 3.8) is 0 Å². The second-order valence-corrected chi connectivity index (χ2v) is 6.22. The van der Waals surface area contributed by atoms with Gasteiger partial charge in [-0.15, -0.1) is 0 Å². The minimum absolute atomic E-state index is 0.0711. The lowest BCUT2D eigenvalue weighted by Gasteiger charge is -2.27. The molecule has 0 atom stereocenters. The molecule has 0 aromatic heterocycles. The second kappa shape index (κ2) is 7.93. The fourth-order valence-electron chi connectivity index (χ4n) is 2.83. The number of rotatable bonds is 6. The van der Waals surface area contributed by atoms with Crippen LogP contribution < -0.4 is 4.90 Å². The molecule has 0 aliphatic heterocycles. The Labute approximate surface area is 139 Å². The normalized spacial score (nSPS) is 10.8. The van der Waals surface area contributed by atoms with Crippen LogP contribution >= 0.6 is 0 Å². The lowest BCUT2D eigenvalue weighted by molar-refractivity contribution is 0.0985. The van der Waals surface area contributed by atoms with Crippen molar-refractivity contribution in [2.45, 2.75) is 20.3 Å². The van der Waals surface area contributed by atoms with Gasteiger partial charge in [-0.1, -0.05) is 36.4 Å². The van der Waals surface area contributed by atoms with Crippen LogP contribution in [0.3, 0.4) is 0 Å². The number of amides is 1. The number of hydrogen-bond donors (Lipinski definition) is 0. The van der Waals surface area contributed by atoms with Crippen LogP contribution in [0.1, 0.15) is 27.9 Å². The Bertz CT molecular complexity index is 630. The van der Waals surface area contributed by atoms with Crippen molar-refractivity contribution in [1.29, 1.82) is 0 Å². The maximum Gasteiger partial charge on any atom is 0.258 e. The minimum Gasteiger partial charge on any atom is -0.309 e. The smallest absolute Gasteiger partial charge is 0.258 e. The van der Waals surface area contributed by atoms with Gasteiger partial charge in [0.05, 0.1) is 0 Å². The van der Waals surface area contributed by atoms with Gasteiger partial charge in [0.1, 0.15) is 0 Å². The second-order valence-electron chi connectivity index (χ2n) is 6.22. The molecular formula is C20H26N2O. The van der Waals surface area contributed by atoms with Crippen LogP contribution in [0.2, 0.25) is 0 Å².